The average molecular weight is 251 g/mol. The molecule has 0 saturated carbocycles. The zero-order valence-electron chi connectivity index (χ0n) is 7.41. The van der Waals surface area contributed by atoms with Gasteiger partial charge < -0.3 is 9.84 Å². The summed E-state index contributed by atoms with van der Waals surface area (Å²) in [7, 11) is -4.60. The van der Waals surface area contributed by atoms with Gasteiger partial charge in [0.05, 0.1) is 0 Å². The second kappa shape index (κ2) is 4.77. The molecule has 0 aliphatic carbocycles. The smallest absolute Gasteiger partial charge is 0.479 e. The first-order valence-corrected chi connectivity index (χ1v) is 4.91. The van der Waals surface area contributed by atoms with Crippen LogP contribution >= 0.6 is 0 Å². The summed E-state index contributed by atoms with van der Waals surface area (Å²) in [5.41, 5.74) is -5.47. The molecule has 0 radical (unpaired) electrons. The molecule has 0 fully saturated rings. The fourth-order valence-electron chi connectivity index (χ4n) is 0.539. The Balaban J connectivity index is 4.46. The topological polar surface area (TPSA) is 92.7 Å². The van der Waals surface area contributed by atoms with Gasteiger partial charge in [-0.25, -0.2) is 17.9 Å². The lowest BCUT2D eigenvalue weighted by atomic mass is 10.4. The van der Waals surface area contributed by atoms with Gasteiger partial charge in [-0.1, -0.05) is 0 Å². The van der Waals surface area contributed by atoms with Gasteiger partial charge in [-0.3, -0.25) is 0 Å². The number of methoxy groups -OCH3 is 1. The monoisotopic (exact) mass is 251 g/mol. The minimum Gasteiger partial charge on any atom is -0.479 e. The first kappa shape index (κ1) is 14.1. The van der Waals surface area contributed by atoms with Crippen molar-refractivity contribution in [3.8, 4) is 0 Å². The highest BCUT2D eigenvalue weighted by Crippen LogP contribution is 2.21. The van der Waals surface area contributed by atoms with Crippen LogP contribution in [0.15, 0.2) is 0 Å². The zero-order chi connectivity index (χ0) is 12.3. The summed E-state index contributed by atoms with van der Waals surface area (Å²) in [5, 5.41) is 8.33. The van der Waals surface area contributed by atoms with E-state index >= 15 is 0 Å². The molecule has 0 aliphatic rings. The van der Waals surface area contributed by atoms with Crippen LogP contribution in [0.2, 0.25) is 0 Å². The molecule has 2 N–H and O–H groups in total. The van der Waals surface area contributed by atoms with Gasteiger partial charge in [-0.15, -0.1) is 0 Å². The molecule has 0 saturated heterocycles. The molecule has 0 aromatic rings. The van der Waals surface area contributed by atoms with Crippen molar-refractivity contribution in [2.24, 2.45) is 0 Å². The maximum atomic E-state index is 11.8. The third-order valence-electron chi connectivity index (χ3n) is 1.32. The molecule has 0 aliphatic heterocycles. The molecule has 1 unspecified atom stereocenters. The van der Waals surface area contributed by atoms with E-state index in [4.69, 9.17) is 5.11 Å². The molecular weight excluding hydrogens is 243 g/mol. The van der Waals surface area contributed by atoms with Crippen molar-refractivity contribution >= 4 is 16.0 Å². The summed E-state index contributed by atoms with van der Waals surface area (Å²) in [6.07, 6.45) is -1.66. The number of carboxylic acids is 1. The van der Waals surface area contributed by atoms with Crippen LogP contribution in [0, 0.1) is 0 Å². The molecule has 1 atom stereocenters. The lowest BCUT2D eigenvalue weighted by Crippen LogP contribution is -2.43. The summed E-state index contributed by atoms with van der Waals surface area (Å²) in [4.78, 5) is 10.3. The molecule has 0 aromatic carbocycles. The molecular formula is C5H8F3NO5S. The normalized spacial score (nSPS) is 14.9. The Hall–Kier alpha value is -0.870. The van der Waals surface area contributed by atoms with Gasteiger partial charge in [0.2, 0.25) is 0 Å². The quantitative estimate of drug-likeness (QED) is 0.688. The highest BCUT2D eigenvalue weighted by atomic mass is 32.2. The minimum atomic E-state index is -5.53. The summed E-state index contributed by atoms with van der Waals surface area (Å²) in [6, 6.07) is 0. The fraction of sp³-hybridized carbons (Fsp3) is 0.800. The van der Waals surface area contributed by atoms with Gasteiger partial charge >= 0.3 is 21.5 Å². The molecule has 0 rings (SSSR count). The Kier molecular flexibility index (Phi) is 4.49. The second-order valence-electron chi connectivity index (χ2n) is 2.36. The van der Waals surface area contributed by atoms with E-state index in [1.807, 2.05) is 0 Å². The molecule has 0 aromatic heterocycles. The van der Waals surface area contributed by atoms with Crippen molar-refractivity contribution < 1.29 is 36.2 Å². The van der Waals surface area contributed by atoms with E-state index in [2.05, 4.69) is 4.74 Å². The Labute approximate surface area is 83.1 Å². The Bertz CT molecular complexity index is 324. The summed E-state index contributed by atoms with van der Waals surface area (Å²) in [5.74, 6) is -1.57. The number of sulfonamides is 1. The van der Waals surface area contributed by atoms with Gasteiger partial charge in [0.15, 0.2) is 6.10 Å². The Morgan fingerprint density at radius 2 is 2.00 bits per heavy atom. The van der Waals surface area contributed by atoms with Gasteiger partial charge in [-0.2, -0.15) is 13.2 Å². The summed E-state index contributed by atoms with van der Waals surface area (Å²) < 4.78 is 61.4. The van der Waals surface area contributed by atoms with Crippen LogP contribution in [0.5, 0.6) is 0 Å². The number of hydrogen-bond acceptors (Lipinski definition) is 4. The van der Waals surface area contributed by atoms with Crippen molar-refractivity contribution in [1.82, 2.24) is 4.72 Å². The summed E-state index contributed by atoms with van der Waals surface area (Å²) >= 11 is 0. The predicted octanol–water partition coefficient (Wildman–Crippen LogP) is -0.475. The summed E-state index contributed by atoms with van der Waals surface area (Å²) in [6.45, 7) is -0.992. The minimum absolute atomic E-state index is 0.931. The molecule has 6 nitrogen and oxygen atoms in total. The first-order valence-electron chi connectivity index (χ1n) is 3.43. The van der Waals surface area contributed by atoms with Crippen LogP contribution in [0.1, 0.15) is 0 Å². The number of alkyl halides is 3. The molecule has 10 heteroatoms. The van der Waals surface area contributed by atoms with E-state index in [1.165, 1.54) is 0 Å². The van der Waals surface area contributed by atoms with Crippen molar-refractivity contribution in [2.45, 2.75) is 11.6 Å². The highest BCUT2D eigenvalue weighted by Gasteiger charge is 2.46. The Morgan fingerprint density at radius 1 is 1.53 bits per heavy atom. The van der Waals surface area contributed by atoms with Crippen LogP contribution in [-0.4, -0.2) is 44.8 Å². The lowest BCUT2D eigenvalue weighted by Gasteiger charge is -2.13. The van der Waals surface area contributed by atoms with Crippen LogP contribution in [0.3, 0.4) is 0 Å². The van der Waals surface area contributed by atoms with Crippen LogP contribution in [0.4, 0.5) is 13.2 Å². The van der Waals surface area contributed by atoms with Gasteiger partial charge in [0.1, 0.15) is 0 Å². The van der Waals surface area contributed by atoms with Crippen LogP contribution in [-0.2, 0) is 19.6 Å². The van der Waals surface area contributed by atoms with E-state index in [0.717, 1.165) is 11.8 Å². The highest BCUT2D eigenvalue weighted by molar-refractivity contribution is 7.90. The van der Waals surface area contributed by atoms with Crippen molar-refractivity contribution in [1.29, 1.82) is 0 Å². The number of aliphatic carboxylic acids is 1. The zero-order valence-corrected chi connectivity index (χ0v) is 8.22. The molecule has 90 valence electrons. The number of halogens is 3. The standard InChI is InChI=1S/C5H8F3NO5S/c1-14-3(4(10)11)2-9-15(12,13)5(6,7)8/h3,9H,2H2,1H3,(H,10,11). The lowest BCUT2D eigenvalue weighted by molar-refractivity contribution is -0.148. The SMILES string of the molecule is COC(CNS(=O)(=O)C(F)(F)F)C(=O)O. The van der Waals surface area contributed by atoms with Gasteiger partial charge in [0.25, 0.3) is 0 Å². The fourth-order valence-corrected chi connectivity index (χ4v) is 1.07. The van der Waals surface area contributed by atoms with E-state index in [9.17, 15) is 26.4 Å². The average Bonchev–Trinajstić information content (AvgIpc) is 2.02. The maximum absolute atomic E-state index is 11.8. The number of carboxylic acid groups (broad SMARTS) is 1. The molecule has 15 heavy (non-hydrogen) atoms. The second-order valence-corrected chi connectivity index (χ2v) is 4.12. The van der Waals surface area contributed by atoms with Crippen molar-refractivity contribution in [3.63, 3.8) is 0 Å². The Morgan fingerprint density at radius 3 is 2.27 bits per heavy atom. The van der Waals surface area contributed by atoms with Crippen molar-refractivity contribution in [3.05, 3.63) is 0 Å². The first-order chi connectivity index (χ1) is 6.62. The molecule has 0 amide bonds. The number of nitrogens with one attached hydrogen (secondary N) is 1. The number of hydrogen-bond donors (Lipinski definition) is 2. The number of rotatable bonds is 5. The third-order valence-corrected chi connectivity index (χ3v) is 2.48. The molecule has 0 bridgehead atoms. The van der Waals surface area contributed by atoms with Gasteiger partial charge in [-0.05, 0) is 0 Å². The molecule has 0 spiro atoms. The van der Waals surface area contributed by atoms with E-state index < -0.39 is 34.1 Å². The van der Waals surface area contributed by atoms with E-state index in [1.54, 1.807) is 0 Å². The van der Waals surface area contributed by atoms with E-state index in [-0.39, 0.29) is 0 Å². The predicted molar refractivity (Wildman–Crippen MR) is 41.4 cm³/mol. The van der Waals surface area contributed by atoms with Crippen LogP contribution < -0.4 is 4.72 Å². The van der Waals surface area contributed by atoms with E-state index in [0.29, 0.717) is 0 Å². The number of ether oxygens (including phenoxy) is 1. The van der Waals surface area contributed by atoms with Crippen molar-refractivity contribution in [2.75, 3.05) is 13.7 Å². The molecule has 0 heterocycles. The van der Waals surface area contributed by atoms with Crippen LogP contribution in [0.25, 0.3) is 0 Å². The van der Waals surface area contributed by atoms with Gasteiger partial charge in [0, 0.05) is 13.7 Å². The maximum Gasteiger partial charge on any atom is 0.511 e. The third kappa shape index (κ3) is 4.01. The number of carbonyl (C=O) groups is 1. The largest absolute Gasteiger partial charge is 0.511 e.